The molecule has 0 atom stereocenters. The summed E-state index contributed by atoms with van der Waals surface area (Å²) < 4.78 is 0. The van der Waals surface area contributed by atoms with E-state index >= 15 is 0 Å². The summed E-state index contributed by atoms with van der Waals surface area (Å²) in [6.07, 6.45) is 4.58. The van der Waals surface area contributed by atoms with Crippen molar-refractivity contribution in [1.82, 2.24) is 4.98 Å². The van der Waals surface area contributed by atoms with Crippen LogP contribution in [-0.4, -0.2) is 24.1 Å². The summed E-state index contributed by atoms with van der Waals surface area (Å²) in [7, 11) is 0. The van der Waals surface area contributed by atoms with Crippen molar-refractivity contribution in [3.63, 3.8) is 0 Å². The third-order valence-electron chi connectivity index (χ3n) is 6.75. The van der Waals surface area contributed by atoms with E-state index in [0.717, 1.165) is 37.4 Å². The predicted molar refractivity (Wildman–Crippen MR) is 122 cm³/mol. The number of fused-ring (bicyclic) bond motifs is 1. The van der Waals surface area contributed by atoms with E-state index in [4.69, 9.17) is 10.7 Å². The number of piperidine rings is 1. The van der Waals surface area contributed by atoms with Gasteiger partial charge in [-0.3, -0.25) is 0 Å². The van der Waals surface area contributed by atoms with Gasteiger partial charge in [-0.15, -0.1) is 12.4 Å². The number of aromatic nitrogens is 1. The lowest BCUT2D eigenvalue weighted by atomic mass is 9.63. The number of nitrogens with zero attached hydrogens (tertiary/aromatic N) is 2. The van der Waals surface area contributed by atoms with E-state index in [0.29, 0.717) is 6.04 Å². The average Bonchev–Trinajstić information content (AvgIpc) is 2.66. The lowest BCUT2D eigenvalue weighted by Gasteiger charge is -2.42. The van der Waals surface area contributed by atoms with Crippen LogP contribution >= 0.6 is 12.4 Å². The molecule has 3 nitrogen and oxygen atoms in total. The van der Waals surface area contributed by atoms with Gasteiger partial charge in [0.2, 0.25) is 0 Å². The van der Waals surface area contributed by atoms with Gasteiger partial charge in [-0.1, -0.05) is 45.9 Å². The number of benzene rings is 1. The molecule has 4 heteroatoms. The monoisotopic (exact) mass is 399 g/mol. The molecule has 1 aromatic carbocycles. The smallest absolute Gasteiger partial charge is 0.129 e. The van der Waals surface area contributed by atoms with Gasteiger partial charge >= 0.3 is 0 Å². The first-order chi connectivity index (χ1) is 12.8. The fourth-order valence-corrected chi connectivity index (χ4v) is 4.64. The van der Waals surface area contributed by atoms with Crippen LogP contribution in [0.1, 0.15) is 64.5 Å². The van der Waals surface area contributed by atoms with Crippen LogP contribution in [0, 0.1) is 0 Å². The van der Waals surface area contributed by atoms with Gasteiger partial charge in [0.25, 0.3) is 0 Å². The molecule has 28 heavy (non-hydrogen) atoms. The summed E-state index contributed by atoms with van der Waals surface area (Å²) in [5.74, 6) is 1.08. The Morgan fingerprint density at radius 2 is 1.57 bits per heavy atom. The summed E-state index contributed by atoms with van der Waals surface area (Å²) in [6.45, 7) is 11.5. The molecular formula is C24H34ClN3. The molecule has 4 rings (SSSR count). The highest BCUT2D eigenvalue weighted by Gasteiger charge is 2.37. The predicted octanol–water partition coefficient (Wildman–Crippen LogP) is 5.45. The number of pyridine rings is 1. The summed E-state index contributed by atoms with van der Waals surface area (Å²) in [5, 5.41) is 0. The second kappa shape index (κ2) is 7.68. The highest BCUT2D eigenvalue weighted by molar-refractivity contribution is 5.85. The molecular weight excluding hydrogens is 366 g/mol. The Labute approximate surface area is 176 Å². The molecule has 0 amide bonds. The van der Waals surface area contributed by atoms with E-state index in [1.165, 1.54) is 29.5 Å². The zero-order chi connectivity index (χ0) is 19.2. The Balaban J connectivity index is 0.00000225. The zero-order valence-corrected chi connectivity index (χ0v) is 18.5. The molecule has 2 heterocycles. The van der Waals surface area contributed by atoms with Crippen LogP contribution in [0.4, 0.5) is 5.82 Å². The van der Waals surface area contributed by atoms with Crippen molar-refractivity contribution in [3.05, 3.63) is 47.5 Å². The van der Waals surface area contributed by atoms with Crippen LogP contribution in [0.3, 0.4) is 0 Å². The quantitative estimate of drug-likeness (QED) is 0.730. The van der Waals surface area contributed by atoms with E-state index in [-0.39, 0.29) is 23.2 Å². The minimum Gasteiger partial charge on any atom is -0.356 e. The Bertz CT molecular complexity index is 835. The van der Waals surface area contributed by atoms with Crippen LogP contribution in [0.2, 0.25) is 0 Å². The maximum absolute atomic E-state index is 6.06. The molecule has 0 spiro atoms. The van der Waals surface area contributed by atoms with E-state index in [2.05, 4.69) is 69.0 Å². The lowest BCUT2D eigenvalue weighted by Crippen LogP contribution is -2.40. The fraction of sp³-hybridized carbons (Fsp3) is 0.542. The number of rotatable bonds is 2. The van der Waals surface area contributed by atoms with Crippen LogP contribution in [0.5, 0.6) is 0 Å². The molecule has 0 unspecified atom stereocenters. The van der Waals surface area contributed by atoms with Crippen molar-refractivity contribution in [2.75, 3.05) is 18.0 Å². The van der Waals surface area contributed by atoms with Gasteiger partial charge in [-0.05, 0) is 65.8 Å². The molecule has 1 aromatic heterocycles. The van der Waals surface area contributed by atoms with Crippen molar-refractivity contribution >= 4 is 18.2 Å². The number of nitrogens with two attached hydrogens (primary N) is 1. The van der Waals surface area contributed by atoms with E-state index in [9.17, 15) is 0 Å². The van der Waals surface area contributed by atoms with E-state index < -0.39 is 0 Å². The minimum absolute atomic E-state index is 0. The normalized spacial score (nSPS) is 21.0. The summed E-state index contributed by atoms with van der Waals surface area (Å²) in [4.78, 5) is 7.38. The maximum atomic E-state index is 6.06. The molecule has 152 valence electrons. The summed E-state index contributed by atoms with van der Waals surface area (Å²) in [5.41, 5.74) is 11.8. The molecule has 0 radical (unpaired) electrons. The van der Waals surface area contributed by atoms with Gasteiger partial charge in [0, 0.05) is 24.7 Å². The molecule has 2 N–H and O–H groups in total. The first-order valence-electron chi connectivity index (χ1n) is 10.4. The van der Waals surface area contributed by atoms with E-state index in [1.807, 2.05) is 0 Å². The van der Waals surface area contributed by atoms with Crippen molar-refractivity contribution in [2.45, 2.75) is 70.3 Å². The highest BCUT2D eigenvalue weighted by atomic mass is 35.5. The maximum Gasteiger partial charge on any atom is 0.129 e. The van der Waals surface area contributed by atoms with Gasteiger partial charge in [0.15, 0.2) is 0 Å². The van der Waals surface area contributed by atoms with Gasteiger partial charge in [-0.2, -0.15) is 0 Å². The van der Waals surface area contributed by atoms with Crippen LogP contribution in [0.15, 0.2) is 36.4 Å². The molecule has 2 aliphatic rings. The number of anilines is 1. The molecule has 0 saturated carbocycles. The SMILES string of the molecule is CC1(C)CCC(C)(C)c2cc(-c3cccc(N4CCC(N)CC4)n3)ccc21.Cl. The second-order valence-corrected chi connectivity index (χ2v) is 9.73. The third kappa shape index (κ3) is 3.92. The molecule has 1 fully saturated rings. The molecule has 1 aliphatic carbocycles. The van der Waals surface area contributed by atoms with Crippen LogP contribution in [-0.2, 0) is 10.8 Å². The van der Waals surface area contributed by atoms with Gasteiger partial charge in [-0.25, -0.2) is 4.98 Å². The Hall–Kier alpha value is -1.58. The number of halogens is 1. The van der Waals surface area contributed by atoms with Crippen LogP contribution < -0.4 is 10.6 Å². The molecule has 2 aromatic rings. The Kier molecular flexibility index (Phi) is 5.80. The highest BCUT2D eigenvalue weighted by Crippen LogP contribution is 2.46. The molecule has 1 aliphatic heterocycles. The van der Waals surface area contributed by atoms with Gasteiger partial charge in [0.1, 0.15) is 5.82 Å². The summed E-state index contributed by atoms with van der Waals surface area (Å²) in [6, 6.07) is 13.8. The van der Waals surface area contributed by atoms with Gasteiger partial charge in [0.05, 0.1) is 5.69 Å². The largest absolute Gasteiger partial charge is 0.356 e. The first kappa shape index (κ1) is 21.1. The first-order valence-corrected chi connectivity index (χ1v) is 10.4. The average molecular weight is 400 g/mol. The lowest BCUT2D eigenvalue weighted by molar-refractivity contribution is 0.332. The third-order valence-corrected chi connectivity index (χ3v) is 6.75. The topological polar surface area (TPSA) is 42.1 Å². The Morgan fingerprint density at radius 3 is 2.25 bits per heavy atom. The second-order valence-electron chi connectivity index (χ2n) is 9.73. The van der Waals surface area contributed by atoms with Crippen molar-refractivity contribution in [3.8, 4) is 11.3 Å². The van der Waals surface area contributed by atoms with Crippen LogP contribution in [0.25, 0.3) is 11.3 Å². The van der Waals surface area contributed by atoms with Gasteiger partial charge < -0.3 is 10.6 Å². The zero-order valence-electron chi connectivity index (χ0n) is 17.7. The van der Waals surface area contributed by atoms with Crippen molar-refractivity contribution in [1.29, 1.82) is 0 Å². The fourth-order valence-electron chi connectivity index (χ4n) is 4.64. The Morgan fingerprint density at radius 1 is 0.929 bits per heavy atom. The number of hydrogen-bond donors (Lipinski definition) is 1. The van der Waals surface area contributed by atoms with E-state index in [1.54, 1.807) is 0 Å². The number of hydrogen-bond acceptors (Lipinski definition) is 3. The standard InChI is InChI=1S/C24H33N3.ClH/c1-23(2)12-13-24(3,4)20-16-17(8-9-19(20)23)21-6-5-7-22(26-21)27-14-10-18(25)11-15-27;/h5-9,16,18H,10-15,25H2,1-4H3;1H. The molecule has 0 bridgehead atoms. The summed E-state index contributed by atoms with van der Waals surface area (Å²) >= 11 is 0. The minimum atomic E-state index is 0. The van der Waals surface area contributed by atoms with Crippen molar-refractivity contribution in [2.24, 2.45) is 5.73 Å². The molecule has 1 saturated heterocycles. The van der Waals surface area contributed by atoms with Crippen molar-refractivity contribution < 1.29 is 0 Å².